The van der Waals surface area contributed by atoms with Crippen LogP contribution >= 0.6 is 0 Å². The van der Waals surface area contributed by atoms with E-state index in [4.69, 9.17) is 9.84 Å². The zero-order valence-electron chi connectivity index (χ0n) is 20.8. The SMILES string of the molecule is Cn1cc(-c2nn(C3CCC(Oc4ccc(=O)n(C)n4)CC3)c3cc(Nc4ccccc4)ncc23)cn1. The zero-order chi connectivity index (χ0) is 25.4. The molecule has 0 bridgehead atoms. The molecule has 6 rings (SSSR count). The Labute approximate surface area is 213 Å². The van der Waals surface area contributed by atoms with Crippen LogP contribution in [0, 0.1) is 0 Å². The molecule has 0 aliphatic heterocycles. The molecule has 0 saturated heterocycles. The van der Waals surface area contributed by atoms with E-state index in [0.717, 1.165) is 59.3 Å². The Hall–Kier alpha value is -4.47. The molecule has 1 aliphatic carbocycles. The van der Waals surface area contributed by atoms with Crippen LogP contribution in [0.2, 0.25) is 0 Å². The van der Waals surface area contributed by atoms with Crippen LogP contribution in [0.4, 0.5) is 11.5 Å². The number of rotatable bonds is 6. The number of nitrogens with zero attached hydrogens (tertiary/aromatic N) is 7. The van der Waals surface area contributed by atoms with E-state index in [9.17, 15) is 4.79 Å². The number of benzene rings is 1. The lowest BCUT2D eigenvalue weighted by Gasteiger charge is -2.29. The summed E-state index contributed by atoms with van der Waals surface area (Å²) in [7, 11) is 3.54. The normalized spacial score (nSPS) is 17.7. The highest BCUT2D eigenvalue weighted by molar-refractivity contribution is 5.94. The van der Waals surface area contributed by atoms with E-state index in [1.807, 2.05) is 56.0 Å². The topological polar surface area (TPSA) is 105 Å². The Kier molecular flexibility index (Phi) is 5.91. The lowest BCUT2D eigenvalue weighted by molar-refractivity contribution is 0.123. The summed E-state index contributed by atoms with van der Waals surface area (Å²) in [6.07, 6.45) is 9.36. The molecule has 1 saturated carbocycles. The Bertz CT molecular complexity index is 1600. The number of fused-ring (bicyclic) bond motifs is 1. The minimum atomic E-state index is -0.151. The fourth-order valence-corrected chi connectivity index (χ4v) is 4.93. The van der Waals surface area contributed by atoms with Crippen molar-refractivity contribution in [2.75, 3.05) is 5.32 Å². The van der Waals surface area contributed by atoms with Gasteiger partial charge in [-0.1, -0.05) is 18.2 Å². The van der Waals surface area contributed by atoms with E-state index in [0.29, 0.717) is 5.88 Å². The molecule has 0 atom stereocenters. The minimum Gasteiger partial charge on any atom is -0.473 e. The van der Waals surface area contributed by atoms with Gasteiger partial charge in [-0.05, 0) is 37.8 Å². The second-order valence-electron chi connectivity index (χ2n) is 9.46. The molecule has 1 fully saturated rings. The van der Waals surface area contributed by atoms with Crippen molar-refractivity contribution >= 4 is 22.4 Å². The van der Waals surface area contributed by atoms with Crippen LogP contribution < -0.4 is 15.6 Å². The van der Waals surface area contributed by atoms with Crippen LogP contribution in [-0.4, -0.2) is 40.4 Å². The van der Waals surface area contributed by atoms with Crippen molar-refractivity contribution in [2.24, 2.45) is 14.1 Å². The van der Waals surface area contributed by atoms with Gasteiger partial charge >= 0.3 is 0 Å². The third-order valence-electron chi connectivity index (χ3n) is 6.83. The maximum atomic E-state index is 11.6. The molecule has 1 N–H and O–H groups in total. The lowest BCUT2D eigenvalue weighted by Crippen LogP contribution is -2.27. The Morgan fingerprint density at radius 1 is 0.973 bits per heavy atom. The van der Waals surface area contributed by atoms with Gasteiger partial charge < -0.3 is 10.1 Å². The third kappa shape index (κ3) is 4.69. The van der Waals surface area contributed by atoms with Gasteiger partial charge in [0, 0.05) is 61.3 Å². The predicted octanol–water partition coefficient (Wildman–Crippen LogP) is 4.23. The number of ether oxygens (including phenoxy) is 1. The smallest absolute Gasteiger partial charge is 0.266 e. The summed E-state index contributed by atoms with van der Waals surface area (Å²) in [5.74, 6) is 1.26. The summed E-state index contributed by atoms with van der Waals surface area (Å²) in [5.41, 5.74) is 3.72. The molecular formula is C27H28N8O2. The van der Waals surface area contributed by atoms with Crippen LogP contribution in [0.25, 0.3) is 22.2 Å². The Morgan fingerprint density at radius 2 is 1.78 bits per heavy atom. The van der Waals surface area contributed by atoms with E-state index in [1.165, 1.54) is 10.7 Å². The maximum absolute atomic E-state index is 11.6. The van der Waals surface area contributed by atoms with Gasteiger partial charge in [-0.2, -0.15) is 10.2 Å². The van der Waals surface area contributed by atoms with E-state index in [-0.39, 0.29) is 17.7 Å². The first-order valence-corrected chi connectivity index (χ1v) is 12.4. The van der Waals surface area contributed by atoms with E-state index in [2.05, 4.69) is 31.2 Å². The summed E-state index contributed by atoms with van der Waals surface area (Å²) in [4.78, 5) is 16.3. The van der Waals surface area contributed by atoms with Crippen LogP contribution in [-0.2, 0) is 14.1 Å². The quantitative estimate of drug-likeness (QED) is 0.375. The van der Waals surface area contributed by atoms with Gasteiger partial charge in [-0.3, -0.25) is 14.2 Å². The predicted molar refractivity (Wildman–Crippen MR) is 141 cm³/mol. The highest BCUT2D eigenvalue weighted by Gasteiger charge is 2.27. The number of hydrogen-bond acceptors (Lipinski definition) is 7. The van der Waals surface area contributed by atoms with Crippen LogP contribution in [0.15, 0.2) is 71.9 Å². The standard InChI is InChI=1S/C27H28N8O2/c1-33-17-18(15-29-33)27-22-16-28-24(30-19-6-4-3-5-7-19)14-23(22)35(32-27)20-8-10-21(11-9-20)37-25-12-13-26(36)34(2)31-25/h3-7,12-17,20-21H,8-11H2,1-2H3,(H,28,30). The Balaban J connectivity index is 1.28. The first-order chi connectivity index (χ1) is 18.0. The van der Waals surface area contributed by atoms with Crippen molar-refractivity contribution in [3.8, 4) is 17.1 Å². The van der Waals surface area contributed by atoms with E-state index in [1.54, 1.807) is 17.8 Å². The molecule has 188 valence electrons. The van der Waals surface area contributed by atoms with Crippen LogP contribution in [0.3, 0.4) is 0 Å². The highest BCUT2D eigenvalue weighted by atomic mass is 16.5. The van der Waals surface area contributed by atoms with Gasteiger partial charge in [-0.15, -0.1) is 5.10 Å². The molecule has 0 spiro atoms. The summed E-state index contributed by atoms with van der Waals surface area (Å²) >= 11 is 0. The molecule has 1 aliphatic rings. The van der Waals surface area contributed by atoms with Crippen molar-refractivity contribution < 1.29 is 4.74 Å². The molecule has 5 aromatic rings. The lowest BCUT2D eigenvalue weighted by atomic mass is 9.93. The maximum Gasteiger partial charge on any atom is 0.266 e. The van der Waals surface area contributed by atoms with Crippen molar-refractivity contribution in [1.82, 2.24) is 34.3 Å². The average Bonchev–Trinajstić information content (AvgIpc) is 3.51. The molecule has 4 heterocycles. The summed E-state index contributed by atoms with van der Waals surface area (Å²) in [6, 6.07) is 15.5. The summed E-state index contributed by atoms with van der Waals surface area (Å²) in [5, 5.41) is 18.0. The van der Waals surface area contributed by atoms with Crippen LogP contribution in [0.5, 0.6) is 5.88 Å². The highest BCUT2D eigenvalue weighted by Crippen LogP contribution is 2.36. The molecule has 37 heavy (non-hydrogen) atoms. The molecule has 10 heteroatoms. The largest absolute Gasteiger partial charge is 0.473 e. The van der Waals surface area contributed by atoms with Crippen LogP contribution in [0.1, 0.15) is 31.7 Å². The first kappa shape index (κ1) is 23.0. The fourth-order valence-electron chi connectivity index (χ4n) is 4.93. The zero-order valence-corrected chi connectivity index (χ0v) is 20.8. The number of aromatic nitrogens is 7. The van der Waals surface area contributed by atoms with Crippen molar-refractivity contribution in [2.45, 2.75) is 37.8 Å². The number of anilines is 2. The first-order valence-electron chi connectivity index (χ1n) is 12.4. The number of hydrogen-bond donors (Lipinski definition) is 1. The number of para-hydroxylation sites is 1. The average molecular weight is 497 g/mol. The number of aryl methyl sites for hydroxylation is 2. The monoisotopic (exact) mass is 496 g/mol. The van der Waals surface area contributed by atoms with Gasteiger partial charge in [0.05, 0.1) is 17.8 Å². The fraction of sp³-hybridized carbons (Fsp3) is 0.296. The molecule has 0 unspecified atom stereocenters. The molecule has 4 aromatic heterocycles. The van der Waals surface area contributed by atoms with Crippen molar-refractivity contribution in [3.63, 3.8) is 0 Å². The van der Waals surface area contributed by atoms with Gasteiger partial charge in [0.15, 0.2) is 0 Å². The Morgan fingerprint density at radius 3 is 2.51 bits per heavy atom. The number of nitrogens with one attached hydrogen (secondary N) is 1. The van der Waals surface area contributed by atoms with Crippen molar-refractivity contribution in [1.29, 1.82) is 0 Å². The molecular weight excluding hydrogens is 468 g/mol. The van der Waals surface area contributed by atoms with E-state index < -0.39 is 0 Å². The van der Waals surface area contributed by atoms with E-state index >= 15 is 0 Å². The summed E-state index contributed by atoms with van der Waals surface area (Å²) < 4.78 is 11.3. The molecule has 10 nitrogen and oxygen atoms in total. The number of pyridine rings is 1. The second-order valence-corrected chi connectivity index (χ2v) is 9.46. The minimum absolute atomic E-state index is 0.0536. The molecule has 0 amide bonds. The summed E-state index contributed by atoms with van der Waals surface area (Å²) in [6.45, 7) is 0. The van der Waals surface area contributed by atoms with Gasteiger partial charge in [-0.25, -0.2) is 9.67 Å². The van der Waals surface area contributed by atoms with Gasteiger partial charge in [0.25, 0.3) is 5.56 Å². The van der Waals surface area contributed by atoms with Crippen molar-refractivity contribution in [3.05, 3.63) is 77.5 Å². The van der Waals surface area contributed by atoms with Gasteiger partial charge in [0.1, 0.15) is 17.6 Å². The van der Waals surface area contributed by atoms with Gasteiger partial charge in [0.2, 0.25) is 5.88 Å². The third-order valence-corrected chi connectivity index (χ3v) is 6.83. The molecule has 1 aromatic carbocycles. The second kappa shape index (κ2) is 9.53. The molecule has 0 radical (unpaired) electrons.